The average Bonchev–Trinajstić information content (AvgIpc) is 3.22. The van der Waals surface area contributed by atoms with Crippen LogP contribution in [0.4, 0.5) is 0 Å². The molecule has 3 nitrogen and oxygen atoms in total. The van der Waals surface area contributed by atoms with E-state index in [4.69, 9.17) is 10.5 Å². The number of hydrogen-bond donors (Lipinski definition) is 1. The van der Waals surface area contributed by atoms with E-state index in [-0.39, 0.29) is 0 Å². The first-order valence-electron chi connectivity index (χ1n) is 6.90. The number of benzene rings is 1. The minimum atomic E-state index is 0.315. The molecule has 98 valence electrons. The number of piperidine rings is 1. The number of nitrogens with two attached hydrogens (primary N) is 1. The van der Waals surface area contributed by atoms with Crippen LogP contribution in [0.15, 0.2) is 24.3 Å². The van der Waals surface area contributed by atoms with Gasteiger partial charge in [-0.2, -0.15) is 0 Å². The van der Waals surface area contributed by atoms with Crippen LogP contribution in [0.1, 0.15) is 30.7 Å². The molecule has 0 bridgehead atoms. The first-order chi connectivity index (χ1) is 8.76. The summed E-state index contributed by atoms with van der Waals surface area (Å²) in [4.78, 5) is 2.58. The third-order valence-corrected chi connectivity index (χ3v) is 4.14. The Hall–Kier alpha value is -1.06. The van der Waals surface area contributed by atoms with E-state index in [2.05, 4.69) is 23.1 Å². The Labute approximate surface area is 109 Å². The van der Waals surface area contributed by atoms with Crippen molar-refractivity contribution in [1.82, 2.24) is 4.90 Å². The number of methoxy groups -OCH3 is 1. The molecule has 3 rings (SSSR count). The number of hydrogen-bond acceptors (Lipinski definition) is 3. The van der Waals surface area contributed by atoms with E-state index in [1.165, 1.54) is 18.4 Å². The maximum atomic E-state index is 6.22. The molecule has 2 fully saturated rings. The molecule has 1 saturated heterocycles. The second kappa shape index (κ2) is 4.90. The van der Waals surface area contributed by atoms with Gasteiger partial charge < -0.3 is 10.5 Å². The fourth-order valence-corrected chi connectivity index (χ4v) is 3.05. The molecule has 1 saturated carbocycles. The standard InChI is InChI=1S/C15H22N2O/c1-18-15-4-2-3-11(8-15)12-7-13(16)10-17(9-12)14-5-6-14/h2-4,8,12-14H,5-7,9-10,16H2,1H3. The van der Waals surface area contributed by atoms with Crippen molar-refractivity contribution in [1.29, 1.82) is 0 Å². The van der Waals surface area contributed by atoms with Crippen LogP contribution in [0.25, 0.3) is 0 Å². The maximum absolute atomic E-state index is 6.22. The predicted octanol–water partition coefficient (Wildman–Crippen LogP) is 1.97. The topological polar surface area (TPSA) is 38.5 Å². The first-order valence-corrected chi connectivity index (χ1v) is 6.90. The lowest BCUT2D eigenvalue weighted by Crippen LogP contribution is -2.47. The third kappa shape index (κ3) is 2.52. The van der Waals surface area contributed by atoms with Gasteiger partial charge in [-0.05, 0) is 42.9 Å². The van der Waals surface area contributed by atoms with Gasteiger partial charge in [0.15, 0.2) is 0 Å². The summed E-state index contributed by atoms with van der Waals surface area (Å²) in [6.45, 7) is 2.23. The van der Waals surface area contributed by atoms with Gasteiger partial charge in [0.1, 0.15) is 5.75 Å². The first kappa shape index (κ1) is 12.0. The zero-order valence-corrected chi connectivity index (χ0v) is 11.0. The Morgan fingerprint density at radius 1 is 1.28 bits per heavy atom. The van der Waals surface area contributed by atoms with Crippen molar-refractivity contribution in [3.8, 4) is 5.75 Å². The molecule has 2 N–H and O–H groups in total. The van der Waals surface area contributed by atoms with Crippen LogP contribution in [-0.2, 0) is 0 Å². The van der Waals surface area contributed by atoms with Gasteiger partial charge in [0.2, 0.25) is 0 Å². The lowest BCUT2D eigenvalue weighted by atomic mass is 9.88. The highest BCUT2D eigenvalue weighted by Gasteiger charge is 2.35. The molecule has 2 atom stereocenters. The van der Waals surface area contributed by atoms with Gasteiger partial charge in [0, 0.05) is 25.2 Å². The summed E-state index contributed by atoms with van der Waals surface area (Å²) in [5.41, 5.74) is 7.59. The summed E-state index contributed by atoms with van der Waals surface area (Å²) in [6, 6.07) is 9.57. The molecular weight excluding hydrogens is 224 g/mol. The highest BCUT2D eigenvalue weighted by atomic mass is 16.5. The Kier molecular flexibility index (Phi) is 3.27. The second-order valence-electron chi connectivity index (χ2n) is 5.65. The maximum Gasteiger partial charge on any atom is 0.119 e. The monoisotopic (exact) mass is 246 g/mol. The lowest BCUT2D eigenvalue weighted by molar-refractivity contribution is 0.180. The summed E-state index contributed by atoms with van der Waals surface area (Å²) in [5, 5.41) is 0. The van der Waals surface area contributed by atoms with Gasteiger partial charge in [-0.15, -0.1) is 0 Å². The molecular formula is C15H22N2O. The molecule has 1 aromatic carbocycles. The van der Waals surface area contributed by atoms with Crippen LogP contribution in [0, 0.1) is 0 Å². The van der Waals surface area contributed by atoms with Crippen molar-refractivity contribution in [2.24, 2.45) is 5.73 Å². The normalized spacial score (nSPS) is 29.2. The molecule has 1 aliphatic carbocycles. The van der Waals surface area contributed by atoms with Gasteiger partial charge in [-0.3, -0.25) is 4.90 Å². The number of ether oxygens (including phenoxy) is 1. The molecule has 2 aliphatic rings. The SMILES string of the molecule is COc1cccc(C2CC(N)CN(C3CC3)C2)c1. The second-order valence-corrected chi connectivity index (χ2v) is 5.65. The molecule has 0 radical (unpaired) electrons. The van der Waals surface area contributed by atoms with E-state index < -0.39 is 0 Å². The van der Waals surface area contributed by atoms with E-state index >= 15 is 0 Å². The Balaban J connectivity index is 1.76. The van der Waals surface area contributed by atoms with Crippen LogP contribution in [0.3, 0.4) is 0 Å². The Bertz CT molecular complexity index is 417. The number of nitrogens with zero attached hydrogens (tertiary/aromatic N) is 1. The van der Waals surface area contributed by atoms with E-state index in [0.717, 1.165) is 31.3 Å². The molecule has 0 aromatic heterocycles. The summed E-state index contributed by atoms with van der Waals surface area (Å²) in [5.74, 6) is 1.51. The Morgan fingerprint density at radius 2 is 2.11 bits per heavy atom. The van der Waals surface area contributed by atoms with E-state index in [1.807, 2.05) is 6.07 Å². The average molecular weight is 246 g/mol. The molecule has 1 aliphatic heterocycles. The minimum Gasteiger partial charge on any atom is -0.497 e. The molecule has 2 unspecified atom stereocenters. The Morgan fingerprint density at radius 3 is 2.83 bits per heavy atom. The zero-order chi connectivity index (χ0) is 12.5. The van der Waals surface area contributed by atoms with Gasteiger partial charge in [0.05, 0.1) is 7.11 Å². The van der Waals surface area contributed by atoms with Crippen LogP contribution in [-0.4, -0.2) is 37.2 Å². The summed E-state index contributed by atoms with van der Waals surface area (Å²) in [6.07, 6.45) is 3.81. The van der Waals surface area contributed by atoms with Crippen molar-refractivity contribution in [2.45, 2.75) is 37.3 Å². The number of rotatable bonds is 3. The van der Waals surface area contributed by atoms with Crippen molar-refractivity contribution in [3.05, 3.63) is 29.8 Å². The molecule has 1 heterocycles. The van der Waals surface area contributed by atoms with E-state index in [9.17, 15) is 0 Å². The zero-order valence-electron chi connectivity index (χ0n) is 11.0. The molecule has 3 heteroatoms. The van der Waals surface area contributed by atoms with Crippen LogP contribution in [0.2, 0.25) is 0 Å². The third-order valence-electron chi connectivity index (χ3n) is 4.14. The summed E-state index contributed by atoms with van der Waals surface area (Å²) < 4.78 is 5.31. The van der Waals surface area contributed by atoms with Crippen LogP contribution < -0.4 is 10.5 Å². The van der Waals surface area contributed by atoms with Gasteiger partial charge in [-0.25, -0.2) is 0 Å². The molecule has 0 amide bonds. The van der Waals surface area contributed by atoms with Gasteiger partial charge in [-0.1, -0.05) is 12.1 Å². The van der Waals surface area contributed by atoms with Crippen molar-refractivity contribution >= 4 is 0 Å². The predicted molar refractivity (Wildman–Crippen MR) is 72.9 cm³/mol. The summed E-state index contributed by atoms with van der Waals surface area (Å²) >= 11 is 0. The summed E-state index contributed by atoms with van der Waals surface area (Å²) in [7, 11) is 1.72. The number of likely N-dealkylation sites (tertiary alicyclic amines) is 1. The van der Waals surface area contributed by atoms with Gasteiger partial charge >= 0.3 is 0 Å². The van der Waals surface area contributed by atoms with Crippen molar-refractivity contribution in [3.63, 3.8) is 0 Å². The van der Waals surface area contributed by atoms with E-state index in [1.54, 1.807) is 7.11 Å². The quantitative estimate of drug-likeness (QED) is 0.886. The van der Waals surface area contributed by atoms with E-state index in [0.29, 0.717) is 12.0 Å². The van der Waals surface area contributed by atoms with Crippen molar-refractivity contribution < 1.29 is 4.74 Å². The largest absolute Gasteiger partial charge is 0.497 e. The molecule has 0 spiro atoms. The molecule has 18 heavy (non-hydrogen) atoms. The minimum absolute atomic E-state index is 0.315. The molecule has 1 aromatic rings. The highest BCUT2D eigenvalue weighted by molar-refractivity contribution is 5.31. The van der Waals surface area contributed by atoms with Gasteiger partial charge in [0.25, 0.3) is 0 Å². The fraction of sp³-hybridized carbons (Fsp3) is 0.600. The van der Waals surface area contributed by atoms with Crippen LogP contribution in [0.5, 0.6) is 5.75 Å². The van der Waals surface area contributed by atoms with Crippen LogP contribution >= 0.6 is 0 Å². The highest BCUT2D eigenvalue weighted by Crippen LogP contribution is 2.35. The smallest absolute Gasteiger partial charge is 0.119 e. The fourth-order valence-electron chi connectivity index (χ4n) is 3.05. The lowest BCUT2D eigenvalue weighted by Gasteiger charge is -2.36. The van der Waals surface area contributed by atoms with Crippen molar-refractivity contribution in [2.75, 3.05) is 20.2 Å².